The fraction of sp³-hybridized carbons (Fsp3) is 0.156. The fourth-order valence-corrected chi connectivity index (χ4v) is 5.70. The van der Waals surface area contributed by atoms with E-state index in [0.717, 1.165) is 33.0 Å². The molecule has 214 valence electrons. The van der Waals surface area contributed by atoms with Crippen molar-refractivity contribution in [1.29, 1.82) is 0 Å². The Morgan fingerprint density at radius 1 is 0.976 bits per heavy atom. The molecule has 0 atom stereocenters. The van der Waals surface area contributed by atoms with Crippen LogP contribution in [0.15, 0.2) is 88.2 Å². The molecule has 1 heterocycles. The summed E-state index contributed by atoms with van der Waals surface area (Å²) < 4.78 is 17.8. The zero-order valence-corrected chi connectivity index (χ0v) is 25.3. The molecule has 42 heavy (non-hydrogen) atoms. The molecule has 8 nitrogen and oxygen atoms in total. The molecular weight excluding hydrogens is 620 g/mol. The zero-order chi connectivity index (χ0) is 29.6. The van der Waals surface area contributed by atoms with Crippen LogP contribution in [0.4, 0.5) is 10.5 Å². The standard InChI is InChI=1S/C32H27BrN2O6S/c1-3-40-24-13-11-23(12-14-24)34-30(36)18-35-31(37)29(42-32(35)38)16-22-15-27(39-2)28(17-26(22)33)41-19-21-9-6-8-20-7-4-5-10-25(20)21/h4-17H,3,18-19H2,1-2H3,(H,34,36)/b29-16+. The average Bonchev–Trinajstić information content (AvgIpc) is 3.25. The Bertz CT molecular complexity index is 1680. The number of methoxy groups -OCH3 is 1. The quantitative estimate of drug-likeness (QED) is 0.181. The minimum Gasteiger partial charge on any atom is -0.494 e. The first-order chi connectivity index (χ1) is 20.4. The van der Waals surface area contributed by atoms with E-state index in [4.69, 9.17) is 14.2 Å². The van der Waals surface area contributed by atoms with E-state index in [0.29, 0.717) is 46.2 Å². The van der Waals surface area contributed by atoms with Crippen molar-refractivity contribution >= 4 is 67.3 Å². The Balaban J connectivity index is 1.27. The van der Waals surface area contributed by atoms with E-state index in [9.17, 15) is 14.4 Å². The third-order valence-corrected chi connectivity index (χ3v) is 8.05. The number of nitrogens with zero attached hydrogens (tertiary/aromatic N) is 1. The normalized spacial score (nSPS) is 14.0. The van der Waals surface area contributed by atoms with Crippen molar-refractivity contribution in [2.45, 2.75) is 13.5 Å². The monoisotopic (exact) mass is 646 g/mol. The van der Waals surface area contributed by atoms with Gasteiger partial charge in [-0.1, -0.05) is 58.4 Å². The smallest absolute Gasteiger partial charge is 0.294 e. The molecule has 4 aromatic carbocycles. The number of nitrogens with one attached hydrogen (secondary N) is 1. The molecule has 10 heteroatoms. The maximum absolute atomic E-state index is 13.1. The lowest BCUT2D eigenvalue weighted by atomic mass is 10.1. The highest BCUT2D eigenvalue weighted by molar-refractivity contribution is 9.10. The molecule has 0 saturated carbocycles. The Kier molecular flexibility index (Phi) is 9.14. The highest BCUT2D eigenvalue weighted by atomic mass is 79.9. The van der Waals surface area contributed by atoms with Crippen LogP contribution in [0, 0.1) is 0 Å². The molecule has 5 rings (SSSR count). The number of fused-ring (bicyclic) bond motifs is 1. The number of halogens is 1. The SMILES string of the molecule is CCOc1ccc(NC(=O)CN2C(=O)S/C(=C/c3cc(OC)c(OCc4cccc5ccccc45)cc3Br)C2=O)cc1. The number of carbonyl (C=O) groups excluding carboxylic acids is 3. The third kappa shape index (κ3) is 6.61. The summed E-state index contributed by atoms with van der Waals surface area (Å²) >= 11 is 4.33. The summed E-state index contributed by atoms with van der Waals surface area (Å²) in [6.07, 6.45) is 1.59. The highest BCUT2D eigenvalue weighted by Crippen LogP contribution is 2.38. The summed E-state index contributed by atoms with van der Waals surface area (Å²) in [4.78, 5) is 39.4. The van der Waals surface area contributed by atoms with Crippen molar-refractivity contribution in [1.82, 2.24) is 4.90 Å². The van der Waals surface area contributed by atoms with E-state index in [1.54, 1.807) is 42.5 Å². The predicted molar refractivity (Wildman–Crippen MR) is 168 cm³/mol. The number of amides is 3. The first-order valence-electron chi connectivity index (χ1n) is 13.1. The topological polar surface area (TPSA) is 94.2 Å². The van der Waals surface area contributed by atoms with Crippen molar-refractivity contribution in [2.75, 3.05) is 25.6 Å². The van der Waals surface area contributed by atoms with Crippen molar-refractivity contribution in [3.63, 3.8) is 0 Å². The number of rotatable bonds is 10. The lowest BCUT2D eigenvalue weighted by Gasteiger charge is -2.14. The molecular formula is C32H27BrN2O6S. The van der Waals surface area contributed by atoms with E-state index in [1.165, 1.54) is 7.11 Å². The largest absolute Gasteiger partial charge is 0.494 e. The predicted octanol–water partition coefficient (Wildman–Crippen LogP) is 7.26. The van der Waals surface area contributed by atoms with Gasteiger partial charge in [0.1, 0.15) is 18.9 Å². The van der Waals surface area contributed by atoms with Crippen molar-refractivity contribution < 1.29 is 28.6 Å². The van der Waals surface area contributed by atoms with Crippen LogP contribution in [-0.2, 0) is 16.2 Å². The Hall–Kier alpha value is -4.28. The second-order valence-electron chi connectivity index (χ2n) is 9.22. The minimum absolute atomic E-state index is 0.195. The van der Waals surface area contributed by atoms with Gasteiger partial charge in [-0.2, -0.15) is 0 Å². The lowest BCUT2D eigenvalue weighted by molar-refractivity contribution is -0.127. The van der Waals surface area contributed by atoms with E-state index < -0.39 is 23.6 Å². The van der Waals surface area contributed by atoms with Crippen LogP contribution in [0.25, 0.3) is 16.8 Å². The van der Waals surface area contributed by atoms with Gasteiger partial charge in [0.05, 0.1) is 18.6 Å². The number of ether oxygens (including phenoxy) is 3. The van der Waals surface area contributed by atoms with Crippen molar-refractivity contribution in [2.24, 2.45) is 0 Å². The van der Waals surface area contributed by atoms with Gasteiger partial charge >= 0.3 is 0 Å². The Morgan fingerprint density at radius 2 is 1.74 bits per heavy atom. The van der Waals surface area contributed by atoms with Crippen LogP contribution in [0.1, 0.15) is 18.1 Å². The molecule has 0 radical (unpaired) electrons. The van der Waals surface area contributed by atoms with E-state index in [-0.39, 0.29) is 4.91 Å². The minimum atomic E-state index is -0.547. The van der Waals surface area contributed by atoms with Crippen molar-refractivity contribution in [3.05, 3.63) is 99.4 Å². The van der Waals surface area contributed by atoms with Crippen LogP contribution in [0.3, 0.4) is 0 Å². The van der Waals surface area contributed by atoms with Gasteiger partial charge in [-0.25, -0.2) is 0 Å². The molecule has 4 aromatic rings. The molecule has 1 aliphatic heterocycles. The van der Waals surface area contributed by atoms with Gasteiger partial charge in [0.2, 0.25) is 5.91 Å². The van der Waals surface area contributed by atoms with Crippen LogP contribution in [0.2, 0.25) is 0 Å². The highest BCUT2D eigenvalue weighted by Gasteiger charge is 2.36. The second-order valence-corrected chi connectivity index (χ2v) is 11.1. The van der Waals surface area contributed by atoms with Gasteiger partial charge in [0.25, 0.3) is 11.1 Å². The summed E-state index contributed by atoms with van der Waals surface area (Å²) in [7, 11) is 1.54. The number of hydrogen-bond donors (Lipinski definition) is 1. The molecule has 0 aromatic heterocycles. The molecule has 1 saturated heterocycles. The number of carbonyl (C=O) groups is 3. The van der Waals surface area contributed by atoms with Crippen LogP contribution in [-0.4, -0.2) is 42.2 Å². The summed E-state index contributed by atoms with van der Waals surface area (Å²) in [5, 5.41) is 4.42. The fourth-order valence-electron chi connectivity index (χ4n) is 4.43. The maximum atomic E-state index is 13.1. The molecule has 0 unspecified atom stereocenters. The van der Waals surface area contributed by atoms with Gasteiger partial charge in [-0.15, -0.1) is 0 Å². The van der Waals surface area contributed by atoms with E-state index >= 15 is 0 Å². The van der Waals surface area contributed by atoms with Gasteiger partial charge in [-0.3, -0.25) is 19.3 Å². The number of anilines is 1. The molecule has 1 fully saturated rings. The maximum Gasteiger partial charge on any atom is 0.294 e. The number of imide groups is 1. The molecule has 1 aliphatic rings. The van der Waals surface area contributed by atoms with Crippen LogP contribution < -0.4 is 19.5 Å². The van der Waals surface area contributed by atoms with E-state index in [2.05, 4.69) is 39.4 Å². The summed E-state index contributed by atoms with van der Waals surface area (Å²) in [6, 6.07) is 24.5. The van der Waals surface area contributed by atoms with Crippen LogP contribution >= 0.6 is 27.7 Å². The first-order valence-corrected chi connectivity index (χ1v) is 14.7. The Morgan fingerprint density at radius 3 is 2.50 bits per heavy atom. The number of thioether (sulfide) groups is 1. The lowest BCUT2D eigenvalue weighted by Crippen LogP contribution is -2.36. The third-order valence-electron chi connectivity index (χ3n) is 6.46. The van der Waals surface area contributed by atoms with E-state index in [1.807, 2.05) is 31.2 Å². The zero-order valence-electron chi connectivity index (χ0n) is 22.9. The molecule has 0 bridgehead atoms. The molecule has 3 amide bonds. The summed E-state index contributed by atoms with van der Waals surface area (Å²) in [6.45, 7) is 2.35. The number of benzene rings is 4. The van der Waals surface area contributed by atoms with Gasteiger partial charge in [0.15, 0.2) is 11.5 Å². The molecule has 1 N–H and O–H groups in total. The Labute approximate surface area is 255 Å². The average molecular weight is 648 g/mol. The van der Waals surface area contributed by atoms with Crippen LogP contribution in [0.5, 0.6) is 17.2 Å². The first kappa shape index (κ1) is 29.2. The van der Waals surface area contributed by atoms with Gasteiger partial charge < -0.3 is 19.5 Å². The summed E-state index contributed by atoms with van der Waals surface area (Å²) in [5.74, 6) is 0.637. The van der Waals surface area contributed by atoms with Gasteiger partial charge in [0, 0.05) is 10.2 Å². The van der Waals surface area contributed by atoms with Crippen molar-refractivity contribution in [3.8, 4) is 17.2 Å². The second kappa shape index (κ2) is 13.1. The summed E-state index contributed by atoms with van der Waals surface area (Å²) in [5.41, 5.74) is 2.19. The number of hydrogen-bond acceptors (Lipinski definition) is 7. The molecule has 0 aliphatic carbocycles. The van der Waals surface area contributed by atoms with Gasteiger partial charge in [-0.05, 0) is 83.1 Å². The molecule has 0 spiro atoms.